The molecule has 2 rings (SSSR count). The maximum atomic E-state index is 12.2. The number of imide groups is 1. The molecule has 1 fully saturated rings. The molecule has 0 spiro atoms. The third-order valence-corrected chi connectivity index (χ3v) is 4.72. The first kappa shape index (κ1) is 15.4. The minimum Gasteiger partial charge on any atom is -0.268 e. The molecule has 20 heavy (non-hydrogen) atoms. The number of halogens is 2. The van der Waals surface area contributed by atoms with Crippen molar-refractivity contribution in [1.29, 1.82) is 0 Å². The van der Waals surface area contributed by atoms with E-state index >= 15 is 0 Å². The van der Waals surface area contributed by atoms with Gasteiger partial charge in [0.1, 0.15) is 0 Å². The van der Waals surface area contributed by atoms with Crippen molar-refractivity contribution in [3.05, 3.63) is 38.7 Å². The Labute approximate surface area is 131 Å². The van der Waals surface area contributed by atoms with Crippen LogP contribution in [0, 0.1) is 0 Å². The zero-order valence-electron chi connectivity index (χ0n) is 11.0. The molecular weight excluding hydrogens is 317 g/mol. The number of hydrogen-bond donors (Lipinski definition) is 0. The first-order valence-electron chi connectivity index (χ1n) is 6.16. The highest BCUT2D eigenvalue weighted by Crippen LogP contribution is 2.34. The summed E-state index contributed by atoms with van der Waals surface area (Å²) in [5, 5.41) is 0.647. The fourth-order valence-corrected chi connectivity index (χ4v) is 3.03. The summed E-state index contributed by atoms with van der Waals surface area (Å²) in [6.45, 7) is 3.80. The van der Waals surface area contributed by atoms with E-state index in [9.17, 15) is 9.59 Å². The van der Waals surface area contributed by atoms with Crippen LogP contribution in [0.15, 0.2) is 23.1 Å². The van der Waals surface area contributed by atoms with Gasteiger partial charge in [-0.1, -0.05) is 36.2 Å². The SMILES string of the molecule is CC[C@@H](C)N1C(=O)S/C(=C/c2ccc(Cl)c(Cl)c2)C1=O. The topological polar surface area (TPSA) is 37.4 Å². The van der Waals surface area contributed by atoms with Gasteiger partial charge in [0.15, 0.2) is 0 Å². The lowest BCUT2D eigenvalue weighted by Gasteiger charge is -2.19. The van der Waals surface area contributed by atoms with Crippen LogP contribution < -0.4 is 0 Å². The first-order valence-corrected chi connectivity index (χ1v) is 7.73. The van der Waals surface area contributed by atoms with Gasteiger partial charge in [-0.25, -0.2) is 0 Å². The summed E-state index contributed by atoms with van der Waals surface area (Å²) < 4.78 is 0. The Balaban J connectivity index is 2.30. The molecule has 1 aliphatic heterocycles. The summed E-state index contributed by atoms with van der Waals surface area (Å²) in [7, 11) is 0. The number of thioether (sulfide) groups is 1. The lowest BCUT2D eigenvalue weighted by atomic mass is 10.2. The Morgan fingerprint density at radius 2 is 2.00 bits per heavy atom. The van der Waals surface area contributed by atoms with E-state index in [-0.39, 0.29) is 17.2 Å². The maximum Gasteiger partial charge on any atom is 0.293 e. The highest BCUT2D eigenvalue weighted by molar-refractivity contribution is 8.18. The van der Waals surface area contributed by atoms with E-state index in [0.717, 1.165) is 23.7 Å². The van der Waals surface area contributed by atoms with Crippen LogP contribution in [0.25, 0.3) is 6.08 Å². The molecule has 1 aliphatic rings. The normalized spacial score (nSPS) is 19.0. The van der Waals surface area contributed by atoms with Crippen molar-refractivity contribution < 1.29 is 9.59 Å². The largest absolute Gasteiger partial charge is 0.293 e. The summed E-state index contributed by atoms with van der Waals surface area (Å²) >= 11 is 12.7. The van der Waals surface area contributed by atoms with Crippen LogP contribution in [-0.2, 0) is 4.79 Å². The van der Waals surface area contributed by atoms with Gasteiger partial charge < -0.3 is 0 Å². The standard InChI is InChI=1S/C14H13Cl2NO2S/c1-3-8(2)17-13(18)12(20-14(17)19)7-9-4-5-10(15)11(16)6-9/h4-8H,3H2,1-2H3/b12-7+/t8-/m1/s1. The number of nitrogens with zero attached hydrogens (tertiary/aromatic N) is 1. The van der Waals surface area contributed by atoms with Crippen molar-refractivity contribution in [1.82, 2.24) is 4.90 Å². The molecule has 0 radical (unpaired) electrons. The van der Waals surface area contributed by atoms with Crippen molar-refractivity contribution >= 4 is 52.2 Å². The maximum absolute atomic E-state index is 12.2. The summed E-state index contributed by atoms with van der Waals surface area (Å²) in [6.07, 6.45) is 2.40. The minimum absolute atomic E-state index is 0.0952. The molecule has 0 bridgehead atoms. The van der Waals surface area contributed by atoms with Crippen molar-refractivity contribution in [3.63, 3.8) is 0 Å². The van der Waals surface area contributed by atoms with Crippen LogP contribution in [0.2, 0.25) is 10.0 Å². The second-order valence-electron chi connectivity index (χ2n) is 4.48. The van der Waals surface area contributed by atoms with E-state index in [1.54, 1.807) is 24.3 Å². The predicted octanol–water partition coefficient (Wildman–Crippen LogP) is 4.83. The van der Waals surface area contributed by atoms with Gasteiger partial charge in [-0.15, -0.1) is 0 Å². The Kier molecular flexibility index (Phi) is 4.78. The molecule has 106 valence electrons. The smallest absolute Gasteiger partial charge is 0.268 e. The number of benzene rings is 1. The van der Waals surface area contributed by atoms with Crippen LogP contribution in [0.4, 0.5) is 4.79 Å². The average Bonchev–Trinajstić information content (AvgIpc) is 2.68. The van der Waals surface area contributed by atoms with Crippen LogP contribution in [-0.4, -0.2) is 22.1 Å². The molecule has 0 saturated carbocycles. The third kappa shape index (κ3) is 3.03. The summed E-state index contributed by atoms with van der Waals surface area (Å²) in [4.78, 5) is 25.8. The van der Waals surface area contributed by atoms with Gasteiger partial charge in [0.2, 0.25) is 0 Å². The van der Waals surface area contributed by atoms with Gasteiger partial charge in [-0.2, -0.15) is 0 Å². The molecule has 2 amide bonds. The van der Waals surface area contributed by atoms with Gasteiger partial charge in [0, 0.05) is 6.04 Å². The van der Waals surface area contributed by atoms with Crippen molar-refractivity contribution in [2.24, 2.45) is 0 Å². The Morgan fingerprint density at radius 1 is 1.30 bits per heavy atom. The Morgan fingerprint density at radius 3 is 2.60 bits per heavy atom. The average molecular weight is 330 g/mol. The molecule has 3 nitrogen and oxygen atoms in total. The molecular formula is C14H13Cl2NO2S. The molecule has 1 atom stereocenters. The van der Waals surface area contributed by atoms with Crippen LogP contribution in [0.1, 0.15) is 25.8 Å². The molecule has 1 saturated heterocycles. The highest BCUT2D eigenvalue weighted by atomic mass is 35.5. The van der Waals surface area contributed by atoms with Crippen molar-refractivity contribution in [3.8, 4) is 0 Å². The molecule has 1 aromatic carbocycles. The lowest BCUT2D eigenvalue weighted by molar-refractivity contribution is -0.124. The monoisotopic (exact) mass is 329 g/mol. The second kappa shape index (κ2) is 6.20. The molecule has 0 N–H and O–H groups in total. The minimum atomic E-state index is -0.250. The number of carbonyl (C=O) groups is 2. The number of hydrogen-bond acceptors (Lipinski definition) is 3. The summed E-state index contributed by atoms with van der Waals surface area (Å²) in [5.74, 6) is -0.250. The molecule has 6 heteroatoms. The molecule has 0 aromatic heterocycles. The third-order valence-electron chi connectivity index (χ3n) is 3.10. The molecule has 1 aromatic rings. The Bertz CT molecular complexity index is 601. The molecule has 0 unspecified atom stereocenters. The predicted molar refractivity (Wildman–Crippen MR) is 84.0 cm³/mol. The molecule has 0 aliphatic carbocycles. The van der Waals surface area contributed by atoms with Crippen molar-refractivity contribution in [2.75, 3.05) is 0 Å². The summed E-state index contributed by atoms with van der Waals surface area (Å²) in [5.41, 5.74) is 0.744. The van der Waals surface area contributed by atoms with E-state index in [1.807, 2.05) is 13.8 Å². The van der Waals surface area contributed by atoms with E-state index in [2.05, 4.69) is 0 Å². The molecule has 1 heterocycles. The highest BCUT2D eigenvalue weighted by Gasteiger charge is 2.37. The van der Waals surface area contributed by atoms with Crippen LogP contribution >= 0.6 is 35.0 Å². The van der Waals surface area contributed by atoms with E-state index in [1.165, 1.54) is 4.90 Å². The first-order chi connectivity index (χ1) is 9.43. The van der Waals surface area contributed by atoms with Gasteiger partial charge in [-0.3, -0.25) is 14.5 Å². The number of amides is 2. The second-order valence-corrected chi connectivity index (χ2v) is 6.29. The van der Waals surface area contributed by atoms with Gasteiger partial charge >= 0.3 is 0 Å². The van der Waals surface area contributed by atoms with Gasteiger partial charge in [0.05, 0.1) is 15.0 Å². The van der Waals surface area contributed by atoms with E-state index in [4.69, 9.17) is 23.2 Å². The quantitative estimate of drug-likeness (QED) is 0.745. The number of carbonyl (C=O) groups excluding carboxylic acids is 2. The van der Waals surface area contributed by atoms with Crippen molar-refractivity contribution in [2.45, 2.75) is 26.3 Å². The van der Waals surface area contributed by atoms with Crippen LogP contribution in [0.5, 0.6) is 0 Å². The van der Waals surface area contributed by atoms with E-state index < -0.39 is 0 Å². The fourth-order valence-electron chi connectivity index (χ4n) is 1.80. The zero-order chi connectivity index (χ0) is 14.9. The van der Waals surface area contributed by atoms with Crippen LogP contribution in [0.3, 0.4) is 0 Å². The number of rotatable bonds is 3. The Hall–Kier alpha value is -0.970. The zero-order valence-corrected chi connectivity index (χ0v) is 13.4. The van der Waals surface area contributed by atoms with E-state index in [0.29, 0.717) is 15.0 Å². The summed E-state index contributed by atoms with van der Waals surface area (Å²) in [6, 6.07) is 4.99. The lowest BCUT2D eigenvalue weighted by Crippen LogP contribution is -2.36. The fraction of sp³-hybridized carbons (Fsp3) is 0.286. The van der Waals surface area contributed by atoms with Gasteiger partial charge in [0.25, 0.3) is 11.1 Å². The van der Waals surface area contributed by atoms with Gasteiger partial charge in [-0.05, 0) is 48.9 Å².